The smallest absolute Gasteiger partial charge is 0.322 e. The number of nitro groups is 1. The summed E-state index contributed by atoms with van der Waals surface area (Å²) in [5.74, 6) is 0.120. The van der Waals surface area contributed by atoms with Gasteiger partial charge in [0.2, 0.25) is 0 Å². The van der Waals surface area contributed by atoms with Crippen LogP contribution in [0.1, 0.15) is 0 Å². The van der Waals surface area contributed by atoms with Gasteiger partial charge in [-0.3, -0.25) is 0 Å². The summed E-state index contributed by atoms with van der Waals surface area (Å²) in [4.78, 5) is 9.65. The first-order chi connectivity index (χ1) is 4.22. The summed E-state index contributed by atoms with van der Waals surface area (Å²) < 4.78 is 1.46. The molecule has 0 spiro atoms. The summed E-state index contributed by atoms with van der Waals surface area (Å²) in [5.41, 5.74) is 0. The molecule has 1 aromatic rings. The molecule has 0 radical (unpaired) electrons. The summed E-state index contributed by atoms with van der Waals surface area (Å²) in [6.45, 7) is 0. The van der Waals surface area contributed by atoms with Crippen LogP contribution in [0.5, 0.6) is 0 Å². The molecule has 0 bridgehead atoms. The minimum Gasteiger partial charge on any atom is -0.358 e. The highest BCUT2D eigenvalue weighted by Gasteiger charge is 2.04. The van der Waals surface area contributed by atoms with E-state index in [0.29, 0.717) is 0 Å². The third kappa shape index (κ3) is 0.910. The first-order valence-corrected chi connectivity index (χ1v) is 2.47. The van der Waals surface area contributed by atoms with Crippen LogP contribution in [0.15, 0.2) is 18.3 Å². The minimum absolute atomic E-state index is 0.120. The number of rotatable bonds is 1. The molecule has 0 atom stereocenters. The van der Waals surface area contributed by atoms with Crippen molar-refractivity contribution in [3.05, 3.63) is 28.4 Å². The topological polar surface area (TPSA) is 48.1 Å². The van der Waals surface area contributed by atoms with Gasteiger partial charge in [0.05, 0.1) is 13.2 Å². The van der Waals surface area contributed by atoms with E-state index in [4.69, 9.17) is 0 Å². The predicted molar refractivity (Wildman–Crippen MR) is 32.1 cm³/mol. The minimum atomic E-state index is -0.417. The largest absolute Gasteiger partial charge is 0.358 e. The fourth-order valence-electron chi connectivity index (χ4n) is 0.642. The Hall–Kier alpha value is -1.32. The maximum atomic E-state index is 10.1. The van der Waals surface area contributed by atoms with E-state index in [1.807, 2.05) is 0 Å². The Morgan fingerprint density at radius 3 is 2.67 bits per heavy atom. The molecule has 4 nitrogen and oxygen atoms in total. The number of aromatic nitrogens is 1. The molecule has 1 aromatic heterocycles. The lowest BCUT2D eigenvalue weighted by molar-refractivity contribution is -0.391. The van der Waals surface area contributed by atoms with Crippen LogP contribution < -0.4 is 0 Å². The van der Waals surface area contributed by atoms with Crippen LogP contribution in [0.2, 0.25) is 0 Å². The van der Waals surface area contributed by atoms with Crippen molar-refractivity contribution >= 4 is 5.82 Å². The van der Waals surface area contributed by atoms with Crippen LogP contribution in [0.25, 0.3) is 0 Å². The molecule has 48 valence electrons. The van der Waals surface area contributed by atoms with Crippen LogP contribution in [0.3, 0.4) is 0 Å². The van der Waals surface area contributed by atoms with Gasteiger partial charge in [-0.05, 0) is 11.0 Å². The van der Waals surface area contributed by atoms with Gasteiger partial charge >= 0.3 is 5.82 Å². The summed E-state index contributed by atoms with van der Waals surface area (Å²) in [6, 6.07) is 3.10. The molecule has 0 unspecified atom stereocenters. The van der Waals surface area contributed by atoms with Gasteiger partial charge in [0.25, 0.3) is 0 Å². The molecule has 0 saturated carbocycles. The fourth-order valence-corrected chi connectivity index (χ4v) is 0.642. The van der Waals surface area contributed by atoms with Gasteiger partial charge in [-0.25, -0.2) is 4.57 Å². The molecule has 0 aliphatic rings. The number of hydrogen-bond donors (Lipinski definition) is 0. The monoisotopic (exact) mass is 126 g/mol. The van der Waals surface area contributed by atoms with Crippen molar-refractivity contribution in [3.8, 4) is 0 Å². The maximum absolute atomic E-state index is 10.1. The highest BCUT2D eigenvalue weighted by Crippen LogP contribution is 2.07. The van der Waals surface area contributed by atoms with Crippen molar-refractivity contribution in [1.29, 1.82) is 0 Å². The highest BCUT2D eigenvalue weighted by atomic mass is 16.6. The molecule has 9 heavy (non-hydrogen) atoms. The molecule has 0 N–H and O–H groups in total. The van der Waals surface area contributed by atoms with Crippen LogP contribution in [-0.4, -0.2) is 9.49 Å². The van der Waals surface area contributed by atoms with Gasteiger partial charge in [0.15, 0.2) is 0 Å². The Kier molecular flexibility index (Phi) is 1.22. The van der Waals surface area contributed by atoms with Crippen LogP contribution in [0.4, 0.5) is 5.82 Å². The van der Waals surface area contributed by atoms with E-state index in [1.165, 1.54) is 10.6 Å². The summed E-state index contributed by atoms with van der Waals surface area (Å²) >= 11 is 0. The average molecular weight is 126 g/mol. The van der Waals surface area contributed by atoms with Crippen molar-refractivity contribution < 1.29 is 4.92 Å². The highest BCUT2D eigenvalue weighted by molar-refractivity contribution is 5.20. The molecular weight excluding hydrogens is 120 g/mol. The van der Waals surface area contributed by atoms with E-state index in [-0.39, 0.29) is 5.82 Å². The molecule has 1 rings (SSSR count). The predicted octanol–water partition coefficient (Wildman–Crippen LogP) is 0.933. The SMILES string of the molecule is Cn1cccc1[N+](=O)[O-]. The van der Waals surface area contributed by atoms with E-state index in [9.17, 15) is 10.1 Å². The Morgan fingerprint density at radius 2 is 2.44 bits per heavy atom. The van der Waals surface area contributed by atoms with E-state index in [2.05, 4.69) is 0 Å². The molecule has 4 heteroatoms. The van der Waals surface area contributed by atoms with Crippen molar-refractivity contribution in [1.82, 2.24) is 4.57 Å². The van der Waals surface area contributed by atoms with Gasteiger partial charge in [-0.2, -0.15) is 0 Å². The molecule has 0 saturated heterocycles. The lowest BCUT2D eigenvalue weighted by Gasteiger charge is -1.91. The van der Waals surface area contributed by atoms with E-state index < -0.39 is 4.92 Å². The lowest BCUT2D eigenvalue weighted by Crippen LogP contribution is -1.94. The molecular formula is C5H6N2O2. The van der Waals surface area contributed by atoms with E-state index in [0.717, 1.165) is 0 Å². The molecule has 0 aromatic carbocycles. The van der Waals surface area contributed by atoms with Crippen molar-refractivity contribution in [2.45, 2.75) is 0 Å². The average Bonchev–Trinajstić information content (AvgIpc) is 2.13. The Bertz CT molecular complexity index is 229. The second-order valence-corrected chi connectivity index (χ2v) is 1.73. The quantitative estimate of drug-likeness (QED) is 0.415. The maximum Gasteiger partial charge on any atom is 0.322 e. The Balaban J connectivity index is 3.08. The van der Waals surface area contributed by atoms with Crippen LogP contribution in [0, 0.1) is 10.1 Å². The molecule has 0 aliphatic heterocycles. The number of nitrogens with zero attached hydrogens (tertiary/aromatic N) is 2. The molecule has 1 heterocycles. The van der Waals surface area contributed by atoms with Gasteiger partial charge < -0.3 is 10.1 Å². The zero-order chi connectivity index (χ0) is 6.85. The fraction of sp³-hybridized carbons (Fsp3) is 0.200. The Labute approximate surface area is 51.9 Å². The Morgan fingerprint density at radius 1 is 1.78 bits per heavy atom. The van der Waals surface area contributed by atoms with Crippen LogP contribution >= 0.6 is 0 Å². The summed E-state index contributed by atoms with van der Waals surface area (Å²) in [5, 5.41) is 10.1. The van der Waals surface area contributed by atoms with Gasteiger partial charge in [-0.1, -0.05) is 0 Å². The van der Waals surface area contributed by atoms with E-state index >= 15 is 0 Å². The number of hydrogen-bond acceptors (Lipinski definition) is 2. The molecule has 0 fully saturated rings. The van der Waals surface area contributed by atoms with Crippen molar-refractivity contribution in [2.75, 3.05) is 0 Å². The van der Waals surface area contributed by atoms with Crippen molar-refractivity contribution in [3.63, 3.8) is 0 Å². The lowest BCUT2D eigenvalue weighted by atomic mass is 10.6. The summed E-state index contributed by atoms with van der Waals surface area (Å²) in [6.07, 6.45) is 1.64. The first-order valence-electron chi connectivity index (χ1n) is 2.47. The summed E-state index contributed by atoms with van der Waals surface area (Å²) in [7, 11) is 1.64. The standard InChI is InChI=1S/C5H6N2O2/c1-6-4-2-3-5(6)7(8)9/h2-4H,1H3. The zero-order valence-electron chi connectivity index (χ0n) is 4.94. The van der Waals surface area contributed by atoms with Gasteiger partial charge in [0, 0.05) is 6.07 Å². The third-order valence-corrected chi connectivity index (χ3v) is 1.10. The normalized spacial score (nSPS) is 9.44. The van der Waals surface area contributed by atoms with Gasteiger partial charge in [0.1, 0.15) is 0 Å². The molecule has 0 amide bonds. The van der Waals surface area contributed by atoms with Crippen LogP contribution in [-0.2, 0) is 7.05 Å². The second-order valence-electron chi connectivity index (χ2n) is 1.73. The van der Waals surface area contributed by atoms with E-state index in [1.54, 1.807) is 19.3 Å². The number of aryl methyl sites for hydroxylation is 1. The first kappa shape index (κ1) is 5.81. The zero-order valence-corrected chi connectivity index (χ0v) is 4.94. The third-order valence-electron chi connectivity index (χ3n) is 1.10. The second kappa shape index (κ2) is 1.89. The van der Waals surface area contributed by atoms with Crippen molar-refractivity contribution in [2.24, 2.45) is 7.05 Å². The van der Waals surface area contributed by atoms with Gasteiger partial charge in [-0.15, -0.1) is 0 Å². The molecule has 0 aliphatic carbocycles.